The fourth-order valence-electron chi connectivity index (χ4n) is 3.42. The van der Waals surface area contributed by atoms with Gasteiger partial charge in [-0.05, 0) is 35.6 Å². The fraction of sp³-hybridized carbons (Fsp3) is 0.550. The highest BCUT2D eigenvalue weighted by atomic mass is 19.4. The van der Waals surface area contributed by atoms with Crippen molar-refractivity contribution in [1.82, 2.24) is 4.90 Å². The van der Waals surface area contributed by atoms with Gasteiger partial charge in [0.25, 0.3) is 0 Å². The van der Waals surface area contributed by atoms with E-state index < -0.39 is 24.7 Å². The molecule has 1 saturated heterocycles. The van der Waals surface area contributed by atoms with Crippen LogP contribution in [0.5, 0.6) is 5.75 Å². The second kappa shape index (κ2) is 7.54. The first kappa shape index (κ1) is 19.7. The summed E-state index contributed by atoms with van der Waals surface area (Å²) in [6.45, 7) is 4.75. The molecular weight excluding hydrogens is 359 g/mol. The van der Waals surface area contributed by atoms with Gasteiger partial charge >= 0.3 is 12.1 Å². The van der Waals surface area contributed by atoms with Crippen molar-refractivity contribution in [2.45, 2.75) is 26.4 Å². The van der Waals surface area contributed by atoms with E-state index in [1.165, 1.54) is 5.57 Å². The molecule has 0 radical (unpaired) electrons. The third-order valence-electron chi connectivity index (χ3n) is 5.39. The smallest absolute Gasteiger partial charge is 0.394 e. The molecule has 2 aliphatic rings. The lowest BCUT2D eigenvalue weighted by molar-refractivity contribution is -0.176. The minimum atomic E-state index is -4.25. The second-order valence-corrected chi connectivity index (χ2v) is 7.67. The molecule has 1 aliphatic heterocycles. The zero-order valence-corrected chi connectivity index (χ0v) is 15.4. The molecule has 1 fully saturated rings. The van der Waals surface area contributed by atoms with Crippen LogP contribution in [-0.4, -0.2) is 48.4 Å². The molecule has 1 heterocycles. The molecule has 1 aromatic rings. The number of carbonyl (C=O) groups is 1. The number of ether oxygens (including phenoxy) is 1. The molecule has 0 spiro atoms. The summed E-state index contributed by atoms with van der Waals surface area (Å²) in [5.41, 5.74) is 3.37. The van der Waals surface area contributed by atoms with Crippen LogP contribution in [0.3, 0.4) is 0 Å². The molecule has 148 valence electrons. The van der Waals surface area contributed by atoms with Crippen molar-refractivity contribution in [2.24, 2.45) is 17.8 Å². The summed E-state index contributed by atoms with van der Waals surface area (Å²) in [7, 11) is 0. The number of carboxylic acids is 1. The summed E-state index contributed by atoms with van der Waals surface area (Å²) in [5.74, 6) is -1.76. The van der Waals surface area contributed by atoms with Gasteiger partial charge in [-0.3, -0.25) is 9.69 Å². The fourth-order valence-corrected chi connectivity index (χ4v) is 3.42. The van der Waals surface area contributed by atoms with Crippen LogP contribution in [-0.2, 0) is 11.2 Å². The minimum absolute atomic E-state index is 0.268. The second-order valence-electron chi connectivity index (χ2n) is 7.67. The molecule has 0 aromatic heterocycles. The van der Waals surface area contributed by atoms with Crippen molar-refractivity contribution >= 4 is 12.0 Å². The molecule has 27 heavy (non-hydrogen) atoms. The van der Waals surface area contributed by atoms with E-state index in [0.717, 1.165) is 31.0 Å². The third-order valence-corrected chi connectivity index (χ3v) is 5.39. The van der Waals surface area contributed by atoms with Gasteiger partial charge in [0, 0.05) is 19.6 Å². The highest BCUT2D eigenvalue weighted by Gasteiger charge is 2.36. The van der Waals surface area contributed by atoms with Gasteiger partial charge in [0.05, 0.1) is 18.4 Å². The normalized spacial score (nSPS) is 21.8. The number of hydrogen-bond donors (Lipinski definition) is 1. The first-order valence-electron chi connectivity index (χ1n) is 9.11. The van der Waals surface area contributed by atoms with E-state index in [-0.39, 0.29) is 5.92 Å². The first-order valence-corrected chi connectivity index (χ1v) is 9.11. The maximum Gasteiger partial charge on any atom is 0.394 e. The van der Waals surface area contributed by atoms with Crippen LogP contribution >= 0.6 is 0 Å². The molecule has 0 bridgehead atoms. The lowest BCUT2D eigenvalue weighted by atomic mass is 9.83. The van der Waals surface area contributed by atoms with Crippen molar-refractivity contribution < 1.29 is 27.8 Å². The van der Waals surface area contributed by atoms with Crippen molar-refractivity contribution in [3.05, 3.63) is 34.9 Å². The molecule has 1 N–H and O–H groups in total. The van der Waals surface area contributed by atoms with Gasteiger partial charge in [-0.25, -0.2) is 0 Å². The molecule has 1 unspecified atom stereocenters. The average molecular weight is 383 g/mol. The number of halogens is 3. The van der Waals surface area contributed by atoms with E-state index >= 15 is 0 Å². The van der Waals surface area contributed by atoms with Gasteiger partial charge in [0.15, 0.2) is 0 Å². The number of rotatable bonds is 6. The summed E-state index contributed by atoms with van der Waals surface area (Å²) in [6, 6.07) is 5.41. The Kier molecular flexibility index (Phi) is 5.51. The van der Waals surface area contributed by atoms with Crippen LogP contribution in [0.4, 0.5) is 13.2 Å². The van der Waals surface area contributed by atoms with Crippen LogP contribution in [0.15, 0.2) is 23.8 Å². The Balaban J connectivity index is 1.62. The summed E-state index contributed by atoms with van der Waals surface area (Å²) in [6.07, 6.45) is -1.35. The third kappa shape index (κ3) is 4.64. The van der Waals surface area contributed by atoms with E-state index in [1.54, 1.807) is 6.07 Å². The van der Waals surface area contributed by atoms with Gasteiger partial charge < -0.3 is 9.84 Å². The number of carboxylic acid groups (broad SMARTS) is 1. The van der Waals surface area contributed by atoms with Crippen LogP contribution in [0, 0.1) is 17.8 Å². The molecule has 3 rings (SSSR count). The molecule has 2 atom stereocenters. The number of alkyl halides is 3. The minimum Gasteiger partial charge on any atom is -0.493 e. The Morgan fingerprint density at radius 1 is 1.37 bits per heavy atom. The van der Waals surface area contributed by atoms with Crippen LogP contribution in [0.1, 0.15) is 25.0 Å². The Labute approximate surface area is 156 Å². The molecular formula is C20H24F3NO3. The predicted molar refractivity (Wildman–Crippen MR) is 95.6 cm³/mol. The Bertz CT molecular complexity index is 738. The Morgan fingerprint density at radius 3 is 2.70 bits per heavy atom. The summed E-state index contributed by atoms with van der Waals surface area (Å²) < 4.78 is 43.1. The van der Waals surface area contributed by atoms with Crippen molar-refractivity contribution in [1.29, 1.82) is 0 Å². The number of aliphatic carboxylic acids is 1. The number of fused-ring (bicyclic) bond motifs is 1. The van der Waals surface area contributed by atoms with Crippen LogP contribution < -0.4 is 4.74 Å². The Hall–Kier alpha value is -2.02. The predicted octanol–water partition coefficient (Wildman–Crippen LogP) is 3.86. The monoisotopic (exact) mass is 383 g/mol. The van der Waals surface area contributed by atoms with Gasteiger partial charge in [-0.2, -0.15) is 13.2 Å². The number of nitrogens with zero attached hydrogens (tertiary/aromatic N) is 1. The number of likely N-dealkylation sites (tertiary alicyclic amines) is 1. The summed E-state index contributed by atoms with van der Waals surface area (Å²) in [5, 5.41) is 8.97. The molecule has 0 saturated carbocycles. The first-order chi connectivity index (χ1) is 12.6. The molecule has 7 heteroatoms. The largest absolute Gasteiger partial charge is 0.493 e. The summed E-state index contributed by atoms with van der Waals surface area (Å²) in [4.78, 5) is 13.0. The maximum absolute atomic E-state index is 12.6. The highest BCUT2D eigenvalue weighted by molar-refractivity contribution is 5.71. The standard InChI is InChI=1S/C20H24F3NO3/c1-12-5-15-7-18(27-11-13(2)20(21,22)23)4-3-14(15)6-16(12)8-24-9-17(10-24)19(25)26/h3-4,6-7,12-13,17H,5,8-11H2,1-2H3,(H,25,26)/t12-,13?/m1/s1. The molecule has 1 aliphatic carbocycles. The molecule has 1 aromatic carbocycles. The lowest BCUT2D eigenvalue weighted by Gasteiger charge is -2.38. The summed E-state index contributed by atoms with van der Waals surface area (Å²) >= 11 is 0. The lowest BCUT2D eigenvalue weighted by Crippen LogP contribution is -2.51. The van der Waals surface area contributed by atoms with Crippen LogP contribution in [0.25, 0.3) is 6.08 Å². The number of benzene rings is 1. The van der Waals surface area contributed by atoms with E-state index in [9.17, 15) is 18.0 Å². The van der Waals surface area contributed by atoms with Crippen molar-refractivity contribution in [3.8, 4) is 5.75 Å². The number of hydrogen-bond acceptors (Lipinski definition) is 3. The zero-order valence-electron chi connectivity index (χ0n) is 15.4. The van der Waals surface area contributed by atoms with E-state index in [0.29, 0.717) is 24.8 Å². The van der Waals surface area contributed by atoms with Gasteiger partial charge in [-0.1, -0.05) is 31.6 Å². The maximum atomic E-state index is 12.6. The van der Waals surface area contributed by atoms with E-state index in [1.807, 2.05) is 12.1 Å². The van der Waals surface area contributed by atoms with E-state index in [4.69, 9.17) is 9.84 Å². The SMILES string of the molecule is CC(COc1ccc2c(c1)C[C@@H](C)C(CN1CC(C(=O)O)C1)=C2)C(F)(F)F. The zero-order chi connectivity index (χ0) is 19.8. The van der Waals surface area contributed by atoms with Gasteiger partial charge in [0.1, 0.15) is 5.75 Å². The molecule has 4 nitrogen and oxygen atoms in total. The topological polar surface area (TPSA) is 49.8 Å². The van der Waals surface area contributed by atoms with Crippen LogP contribution in [0.2, 0.25) is 0 Å². The van der Waals surface area contributed by atoms with E-state index in [2.05, 4.69) is 17.9 Å². The van der Waals surface area contributed by atoms with Gasteiger partial charge in [-0.15, -0.1) is 0 Å². The highest BCUT2D eigenvalue weighted by Crippen LogP contribution is 2.33. The van der Waals surface area contributed by atoms with Gasteiger partial charge in [0.2, 0.25) is 0 Å². The quantitative estimate of drug-likeness (QED) is 0.811. The molecule has 0 amide bonds. The van der Waals surface area contributed by atoms with Crippen molar-refractivity contribution in [3.63, 3.8) is 0 Å². The average Bonchev–Trinajstić information content (AvgIpc) is 2.54. The van der Waals surface area contributed by atoms with Crippen molar-refractivity contribution in [2.75, 3.05) is 26.2 Å². The Morgan fingerprint density at radius 2 is 2.07 bits per heavy atom.